The van der Waals surface area contributed by atoms with E-state index in [2.05, 4.69) is 20.9 Å². The average molecular weight is 653 g/mol. The van der Waals surface area contributed by atoms with Crippen molar-refractivity contribution in [3.63, 3.8) is 0 Å². The molecule has 0 fully saturated rings. The molecule has 1 heterocycles. The number of carbonyl (C=O) groups is 2. The van der Waals surface area contributed by atoms with Crippen molar-refractivity contribution >= 4 is 27.5 Å². The van der Waals surface area contributed by atoms with Crippen LogP contribution in [0.25, 0.3) is 0 Å². The molecule has 0 radical (unpaired) electrons. The largest absolute Gasteiger partial charge is 0.389 e. The molecule has 244 valence electrons. The minimum atomic E-state index is -3.77. The number of rotatable bonds is 13. The van der Waals surface area contributed by atoms with Crippen molar-refractivity contribution in [3.05, 3.63) is 113 Å². The van der Waals surface area contributed by atoms with Crippen LogP contribution in [0.15, 0.2) is 79.0 Å². The Morgan fingerprint density at radius 3 is 2.13 bits per heavy atom. The summed E-state index contributed by atoms with van der Waals surface area (Å²) in [5.74, 6) is -1.67. The standard InChI is InChI=1S/C32H37FN6O6S/c1-20(23-10-12-26(33)13-11-23)34-31(42)24-15-25(17-27(16-24)38(3)46(4,44)45)32(43)35-28(14-22-8-6-5-7-9-22)30(41)19-39-18-29(21(2)40)36-37-39/h5-13,15-18,20-21,28,30,40-41H,14,19H2,1-4H3,(H,34,42)(H,35,43)/t20-,21+,28+,30+/m1/s1. The number of aliphatic hydroxyl groups is 2. The number of nitrogens with zero attached hydrogens (tertiary/aromatic N) is 4. The van der Waals surface area contributed by atoms with Gasteiger partial charge in [0, 0.05) is 18.2 Å². The highest BCUT2D eigenvalue weighted by molar-refractivity contribution is 7.92. The predicted octanol–water partition coefficient (Wildman–Crippen LogP) is 2.76. The molecule has 0 saturated carbocycles. The smallest absolute Gasteiger partial charge is 0.251 e. The van der Waals surface area contributed by atoms with Crippen molar-refractivity contribution in [3.8, 4) is 0 Å². The van der Waals surface area contributed by atoms with Gasteiger partial charge in [-0.25, -0.2) is 17.5 Å². The minimum absolute atomic E-state index is 0.0144. The van der Waals surface area contributed by atoms with Gasteiger partial charge in [-0.3, -0.25) is 13.9 Å². The molecule has 4 aromatic rings. The summed E-state index contributed by atoms with van der Waals surface area (Å²) in [6, 6.07) is 17.5. The second-order valence-electron chi connectivity index (χ2n) is 11.1. The van der Waals surface area contributed by atoms with Gasteiger partial charge < -0.3 is 20.8 Å². The third-order valence-corrected chi connectivity index (χ3v) is 8.66. The molecule has 0 saturated heterocycles. The topological polar surface area (TPSA) is 167 Å². The molecule has 1 aromatic heterocycles. The maximum absolute atomic E-state index is 13.7. The number of carbonyl (C=O) groups excluding carboxylic acids is 2. The van der Waals surface area contributed by atoms with Crippen LogP contribution in [0.2, 0.25) is 0 Å². The second kappa shape index (κ2) is 14.6. The van der Waals surface area contributed by atoms with E-state index in [1.807, 2.05) is 30.3 Å². The van der Waals surface area contributed by atoms with Crippen LogP contribution in [0, 0.1) is 5.82 Å². The van der Waals surface area contributed by atoms with Crippen LogP contribution < -0.4 is 14.9 Å². The molecule has 0 aliphatic heterocycles. The maximum Gasteiger partial charge on any atom is 0.251 e. The third kappa shape index (κ3) is 8.96. The van der Waals surface area contributed by atoms with Crippen LogP contribution in [-0.2, 0) is 23.0 Å². The molecule has 0 unspecified atom stereocenters. The van der Waals surface area contributed by atoms with Crippen molar-refractivity contribution < 1.29 is 32.6 Å². The van der Waals surface area contributed by atoms with Crippen LogP contribution in [0.1, 0.15) is 63.5 Å². The van der Waals surface area contributed by atoms with Crippen molar-refractivity contribution in [2.24, 2.45) is 0 Å². The number of hydrogen-bond donors (Lipinski definition) is 4. The number of halogens is 1. The summed E-state index contributed by atoms with van der Waals surface area (Å²) in [7, 11) is -2.46. The number of nitrogens with one attached hydrogen (secondary N) is 2. The van der Waals surface area contributed by atoms with Crippen molar-refractivity contribution in [1.82, 2.24) is 25.6 Å². The Bertz CT molecular complexity index is 1770. The van der Waals surface area contributed by atoms with E-state index in [1.54, 1.807) is 6.92 Å². The van der Waals surface area contributed by atoms with Crippen LogP contribution in [-0.4, -0.2) is 70.9 Å². The summed E-state index contributed by atoms with van der Waals surface area (Å²) in [5, 5.41) is 34.5. The Morgan fingerprint density at radius 1 is 0.957 bits per heavy atom. The zero-order valence-corrected chi connectivity index (χ0v) is 26.6. The highest BCUT2D eigenvalue weighted by Crippen LogP contribution is 2.23. The average Bonchev–Trinajstić information content (AvgIpc) is 3.49. The Labute approximate surface area is 266 Å². The molecule has 2 amide bonds. The van der Waals surface area contributed by atoms with Gasteiger partial charge >= 0.3 is 0 Å². The zero-order valence-electron chi connectivity index (χ0n) is 25.8. The van der Waals surface area contributed by atoms with Gasteiger partial charge in [0.2, 0.25) is 10.0 Å². The first-order valence-corrected chi connectivity index (χ1v) is 16.3. The third-order valence-electron chi connectivity index (χ3n) is 7.46. The normalized spacial score (nSPS) is 14.2. The molecule has 0 aliphatic carbocycles. The van der Waals surface area contributed by atoms with Crippen LogP contribution in [0.5, 0.6) is 0 Å². The molecular formula is C32H37FN6O6S. The van der Waals surface area contributed by atoms with E-state index in [1.165, 1.54) is 67.3 Å². The number of anilines is 1. The van der Waals surface area contributed by atoms with Gasteiger partial charge in [-0.15, -0.1) is 5.10 Å². The van der Waals surface area contributed by atoms with Gasteiger partial charge in [0.25, 0.3) is 11.8 Å². The van der Waals surface area contributed by atoms with Gasteiger partial charge in [0.15, 0.2) is 0 Å². The maximum atomic E-state index is 13.7. The fourth-order valence-corrected chi connectivity index (χ4v) is 5.17. The van der Waals surface area contributed by atoms with E-state index in [0.29, 0.717) is 11.3 Å². The molecule has 4 atom stereocenters. The summed E-state index contributed by atoms with van der Waals surface area (Å²) < 4.78 is 40.5. The summed E-state index contributed by atoms with van der Waals surface area (Å²) in [5.41, 5.74) is 1.86. The van der Waals surface area contributed by atoms with Gasteiger partial charge in [-0.2, -0.15) is 0 Å². The molecule has 4 N–H and O–H groups in total. The molecule has 12 nitrogen and oxygen atoms in total. The first-order valence-electron chi connectivity index (χ1n) is 14.5. The molecule has 4 rings (SSSR count). The monoisotopic (exact) mass is 652 g/mol. The summed E-state index contributed by atoms with van der Waals surface area (Å²) in [4.78, 5) is 27.1. The lowest BCUT2D eigenvalue weighted by Crippen LogP contribution is -2.46. The number of hydrogen-bond acceptors (Lipinski definition) is 8. The Balaban J connectivity index is 1.64. The molecule has 46 heavy (non-hydrogen) atoms. The first-order chi connectivity index (χ1) is 21.7. The predicted molar refractivity (Wildman–Crippen MR) is 170 cm³/mol. The van der Waals surface area contributed by atoms with Gasteiger partial charge in [-0.05, 0) is 61.7 Å². The quantitative estimate of drug-likeness (QED) is 0.171. The minimum Gasteiger partial charge on any atom is -0.389 e. The Morgan fingerprint density at radius 2 is 1.57 bits per heavy atom. The van der Waals surface area contributed by atoms with Crippen molar-refractivity contribution in [2.45, 2.75) is 51.1 Å². The van der Waals surface area contributed by atoms with E-state index in [4.69, 9.17) is 0 Å². The lowest BCUT2D eigenvalue weighted by atomic mass is 10.00. The molecular weight excluding hydrogens is 615 g/mol. The lowest BCUT2D eigenvalue weighted by molar-refractivity contribution is 0.0778. The fraction of sp³-hybridized carbons (Fsp3) is 0.312. The SMILES string of the molecule is C[C@H](O)c1cn(C[C@H](O)[C@H](Cc2ccccc2)NC(=O)c2cc(C(=O)N[C@H](C)c3ccc(F)cc3)cc(N(C)S(C)(=O)=O)c2)nn1. The van der Waals surface area contributed by atoms with E-state index in [-0.39, 0.29) is 29.8 Å². The van der Waals surface area contributed by atoms with Crippen LogP contribution in [0.3, 0.4) is 0 Å². The molecule has 0 bridgehead atoms. The number of benzene rings is 3. The lowest BCUT2D eigenvalue weighted by Gasteiger charge is -2.25. The fourth-order valence-electron chi connectivity index (χ4n) is 4.68. The Hall–Kier alpha value is -4.66. The van der Waals surface area contributed by atoms with Crippen LogP contribution >= 0.6 is 0 Å². The van der Waals surface area contributed by atoms with Crippen LogP contribution in [0.4, 0.5) is 10.1 Å². The van der Waals surface area contributed by atoms with Crippen molar-refractivity contribution in [2.75, 3.05) is 17.6 Å². The van der Waals surface area contributed by atoms with E-state index in [0.717, 1.165) is 16.1 Å². The summed E-state index contributed by atoms with van der Waals surface area (Å²) in [6.45, 7) is 3.19. The van der Waals surface area contributed by atoms with E-state index >= 15 is 0 Å². The second-order valence-corrected chi connectivity index (χ2v) is 13.1. The first kappa shape index (κ1) is 34.2. The molecule has 3 aromatic carbocycles. The molecule has 14 heteroatoms. The number of sulfonamides is 1. The summed E-state index contributed by atoms with van der Waals surface area (Å²) >= 11 is 0. The number of aromatic nitrogens is 3. The zero-order chi connectivity index (χ0) is 33.6. The molecule has 0 aliphatic rings. The number of amides is 2. The Kier molecular flexibility index (Phi) is 10.9. The van der Waals surface area contributed by atoms with E-state index in [9.17, 15) is 32.6 Å². The van der Waals surface area contributed by atoms with Crippen molar-refractivity contribution in [1.29, 1.82) is 0 Å². The highest BCUT2D eigenvalue weighted by atomic mass is 32.2. The molecule has 0 spiro atoms. The summed E-state index contributed by atoms with van der Waals surface area (Å²) in [6.07, 6.45) is 0.714. The van der Waals surface area contributed by atoms with Gasteiger partial charge in [0.05, 0.1) is 49.0 Å². The van der Waals surface area contributed by atoms with Gasteiger partial charge in [-0.1, -0.05) is 47.7 Å². The highest BCUT2D eigenvalue weighted by Gasteiger charge is 2.26. The van der Waals surface area contributed by atoms with E-state index < -0.39 is 51.9 Å². The van der Waals surface area contributed by atoms with Gasteiger partial charge in [0.1, 0.15) is 11.5 Å². The number of aliphatic hydroxyl groups excluding tert-OH is 2.